The van der Waals surface area contributed by atoms with Crippen molar-refractivity contribution in [1.29, 1.82) is 5.26 Å². The number of benzene rings is 2. The maximum Gasteiger partial charge on any atom is 0.329 e. The first-order valence-electron chi connectivity index (χ1n) is 21.5. The monoisotopic (exact) mass is 1030 g/mol. The Morgan fingerprint density at radius 3 is 2.17 bits per heavy atom. The number of esters is 1. The fourth-order valence-electron chi connectivity index (χ4n) is 10.2. The molecule has 0 spiro atoms. The van der Waals surface area contributed by atoms with Crippen LogP contribution in [0.3, 0.4) is 0 Å². The van der Waals surface area contributed by atoms with E-state index in [-0.39, 0.29) is 92.7 Å². The SMILES string of the molecule is CCCCCCCCCCCCCCCC(=O)N[C@H]1CS[C@@H]2c3c(O)c(C)c4c(c3[C@@H](COC1=O)N1C2[C@@H]2c3c(cc(C)c(C)c3O)C[C@@H]([C@@H]1C#N)N2C)OCO4.[Ac]. The second kappa shape index (κ2) is 20.1. The number of phenolic OH excluding ortho intramolecular Hbond substituents is 2. The van der Waals surface area contributed by atoms with Crippen molar-refractivity contribution in [3.05, 3.63) is 45.0 Å². The molecule has 11 nitrogen and oxygen atoms in total. The van der Waals surface area contributed by atoms with Gasteiger partial charge in [-0.1, -0.05) is 90.0 Å². The Balaban J connectivity index is 0.00000567. The fraction of sp³-hybridized carbons (Fsp3) is 0.667. The number of aryl methyl sites for hydroxylation is 1. The van der Waals surface area contributed by atoms with Gasteiger partial charge in [0.1, 0.15) is 30.2 Å². The van der Waals surface area contributed by atoms with Gasteiger partial charge in [-0.3, -0.25) is 14.6 Å². The van der Waals surface area contributed by atoms with E-state index in [9.17, 15) is 25.1 Å². The topological polar surface area (TPSA) is 145 Å². The first-order valence-corrected chi connectivity index (χ1v) is 22.6. The number of nitrogens with one attached hydrogen (secondary N) is 1. The minimum Gasteiger partial charge on any atom is -0.507 e. The zero-order chi connectivity index (χ0) is 40.4. The minimum absolute atomic E-state index is 0. The van der Waals surface area contributed by atoms with Crippen LogP contribution in [0.1, 0.15) is 153 Å². The molecule has 0 saturated carbocycles. The van der Waals surface area contributed by atoms with Crippen molar-refractivity contribution in [2.45, 2.75) is 166 Å². The molecule has 58 heavy (non-hydrogen) atoms. The molecular formula is C45H62AcN4O7S. The minimum atomic E-state index is -0.893. The van der Waals surface area contributed by atoms with Gasteiger partial charge in [-0.15, -0.1) is 11.8 Å². The molecule has 8 rings (SSSR count). The van der Waals surface area contributed by atoms with Gasteiger partial charge in [0.2, 0.25) is 12.7 Å². The number of nitriles is 1. The van der Waals surface area contributed by atoms with Crippen molar-refractivity contribution in [1.82, 2.24) is 15.1 Å². The summed E-state index contributed by atoms with van der Waals surface area (Å²) < 4.78 is 18.1. The van der Waals surface area contributed by atoms with Gasteiger partial charge in [-0.05, 0) is 57.4 Å². The zero-order valence-corrected chi connectivity index (χ0v) is 40.7. The molecule has 1 amide bonds. The number of amides is 1. The van der Waals surface area contributed by atoms with E-state index in [1.54, 1.807) is 0 Å². The van der Waals surface area contributed by atoms with Crippen LogP contribution in [0.15, 0.2) is 6.07 Å². The Hall–Kier alpha value is -2.22. The van der Waals surface area contributed by atoms with Crippen LogP contribution in [0, 0.1) is 76.2 Å². The summed E-state index contributed by atoms with van der Waals surface area (Å²) in [5.41, 5.74) is 5.58. The summed E-state index contributed by atoms with van der Waals surface area (Å²) in [5, 5.41) is 37.4. The number of ether oxygens (including phenoxy) is 3. The third kappa shape index (κ3) is 8.76. The van der Waals surface area contributed by atoms with Gasteiger partial charge in [0.25, 0.3) is 0 Å². The summed E-state index contributed by atoms with van der Waals surface area (Å²) in [6.45, 7) is 7.87. The molecule has 6 aliphatic heterocycles. The van der Waals surface area contributed by atoms with Crippen molar-refractivity contribution in [3.63, 3.8) is 0 Å². The van der Waals surface area contributed by atoms with Gasteiger partial charge < -0.3 is 29.7 Å². The predicted molar refractivity (Wildman–Crippen MR) is 221 cm³/mol. The number of aromatic hydroxyl groups is 2. The number of piperazine rings is 1. The van der Waals surface area contributed by atoms with Crippen LogP contribution in [0.2, 0.25) is 0 Å². The van der Waals surface area contributed by atoms with Crippen molar-refractivity contribution in [2.75, 3.05) is 26.2 Å². The average molecular weight is 1030 g/mol. The first-order chi connectivity index (χ1) is 27.6. The molecule has 2 saturated heterocycles. The zero-order valence-electron chi connectivity index (χ0n) is 35.1. The van der Waals surface area contributed by atoms with E-state index in [4.69, 9.17) is 14.2 Å². The number of unbranched alkanes of at least 4 members (excludes halogenated alkanes) is 12. The van der Waals surface area contributed by atoms with E-state index < -0.39 is 35.4 Å². The van der Waals surface area contributed by atoms with Crippen molar-refractivity contribution in [3.8, 4) is 29.1 Å². The summed E-state index contributed by atoms with van der Waals surface area (Å²) in [6, 6.07) is 1.64. The van der Waals surface area contributed by atoms with Gasteiger partial charge in [0.15, 0.2) is 11.5 Å². The summed E-state index contributed by atoms with van der Waals surface area (Å²) in [5.74, 6) is 0.802. The van der Waals surface area contributed by atoms with Gasteiger partial charge >= 0.3 is 5.97 Å². The van der Waals surface area contributed by atoms with Crippen molar-refractivity contribution < 1.29 is 78.1 Å². The van der Waals surface area contributed by atoms with E-state index in [1.165, 1.54) is 76.0 Å². The van der Waals surface area contributed by atoms with Crippen LogP contribution in [0.25, 0.3) is 0 Å². The molecule has 313 valence electrons. The van der Waals surface area contributed by atoms with Crippen molar-refractivity contribution >= 4 is 23.6 Å². The summed E-state index contributed by atoms with van der Waals surface area (Å²) in [6.07, 6.45) is 16.8. The summed E-state index contributed by atoms with van der Waals surface area (Å²) >= 11 is 1.47. The standard InChI is InChI=1S/C45H62N4O7S.Ac/c1-6-7-8-9-10-11-12-13-14-15-16-17-18-19-34(50)47-30-24-57-44-37-36(43-42(55-25-56-43)28(4)41(37)52)33(23-54-45(30)53)49-32(22-46)31-21-29-20-26(2)27(3)40(51)35(29)38(39(44)49)48(31)5;/h20,30-33,38-39,44,51-52H,6-19,21,23-25H2,1-5H3,(H,47,50);/t30-,31-,32-,33+,38-,39?,44+;/m0./s1. The van der Waals surface area contributed by atoms with E-state index >= 15 is 0 Å². The van der Waals surface area contributed by atoms with E-state index in [1.807, 2.05) is 27.8 Å². The van der Waals surface area contributed by atoms with Gasteiger partial charge in [0, 0.05) is 90.6 Å². The normalized spacial score (nSPS) is 25.8. The molecule has 7 atom stereocenters. The van der Waals surface area contributed by atoms with Gasteiger partial charge in [0.05, 0.1) is 23.4 Å². The summed E-state index contributed by atoms with van der Waals surface area (Å²) in [7, 11) is 2.02. The number of carbonyl (C=O) groups excluding carboxylic acids is 2. The molecule has 6 aliphatic rings. The molecule has 2 aromatic rings. The largest absolute Gasteiger partial charge is 0.507 e. The van der Waals surface area contributed by atoms with Crippen LogP contribution in [0.5, 0.6) is 23.0 Å². The van der Waals surface area contributed by atoms with Crippen molar-refractivity contribution in [2.24, 2.45) is 0 Å². The molecule has 6 heterocycles. The molecule has 2 aromatic carbocycles. The van der Waals surface area contributed by atoms with Crippen LogP contribution in [-0.4, -0.2) is 82.3 Å². The average Bonchev–Trinajstić information content (AvgIpc) is 3.69. The fourth-order valence-corrected chi connectivity index (χ4v) is 11.8. The Morgan fingerprint density at radius 1 is 0.897 bits per heavy atom. The smallest absolute Gasteiger partial charge is 0.329 e. The number of thioether (sulfide) groups is 1. The quantitative estimate of drug-likeness (QED) is 0.117. The Bertz CT molecular complexity index is 1870. The second-order valence-electron chi connectivity index (χ2n) is 17.0. The van der Waals surface area contributed by atoms with Crippen LogP contribution in [-0.2, 0) is 20.7 Å². The molecule has 3 N–H and O–H groups in total. The number of hydrogen-bond acceptors (Lipinski definition) is 11. The Kier molecular flexibility index (Phi) is 15.7. The Labute approximate surface area is 384 Å². The maximum absolute atomic E-state index is 13.9. The third-order valence-corrected chi connectivity index (χ3v) is 14.8. The Morgan fingerprint density at radius 2 is 1.52 bits per heavy atom. The number of phenols is 2. The molecule has 2 fully saturated rings. The second-order valence-corrected chi connectivity index (χ2v) is 18.2. The molecule has 0 aromatic heterocycles. The van der Waals surface area contributed by atoms with Gasteiger partial charge in [-0.25, -0.2) is 4.79 Å². The number of hydrogen-bond donors (Lipinski definition) is 3. The summed E-state index contributed by atoms with van der Waals surface area (Å²) in [4.78, 5) is 31.6. The van der Waals surface area contributed by atoms with E-state index in [0.29, 0.717) is 41.0 Å². The number of rotatable bonds is 15. The van der Waals surface area contributed by atoms with E-state index in [0.717, 1.165) is 41.5 Å². The molecule has 13 heteroatoms. The molecule has 1 radical (unpaired) electrons. The molecule has 1 unspecified atom stereocenters. The van der Waals surface area contributed by atoms with Crippen LogP contribution < -0.4 is 14.8 Å². The first kappa shape index (κ1) is 45.3. The van der Waals surface area contributed by atoms with Crippen LogP contribution in [0.4, 0.5) is 0 Å². The number of carbonyl (C=O) groups is 2. The predicted octanol–water partition coefficient (Wildman–Crippen LogP) is 8.28. The number of fused-ring (bicyclic) bond motifs is 10. The maximum atomic E-state index is 13.9. The molecular weight excluding hydrogens is 968 g/mol. The molecule has 4 bridgehead atoms. The van der Waals surface area contributed by atoms with Crippen LogP contribution >= 0.6 is 11.8 Å². The number of nitrogens with zero attached hydrogens (tertiary/aromatic N) is 3. The van der Waals surface area contributed by atoms with E-state index in [2.05, 4.69) is 34.2 Å². The molecule has 0 aliphatic carbocycles. The number of likely N-dealkylation sites (N-methyl/N-ethyl adjacent to an activating group) is 1. The third-order valence-electron chi connectivity index (χ3n) is 13.5. The van der Waals surface area contributed by atoms with Gasteiger partial charge in [-0.2, -0.15) is 5.26 Å².